The highest BCUT2D eigenvalue weighted by Gasteiger charge is 2.39. The van der Waals surface area contributed by atoms with Gasteiger partial charge in [0.25, 0.3) is 0 Å². The Balaban J connectivity index is 4.62. The molecule has 6 heteroatoms. The Hall–Kier alpha value is -1.59. The van der Waals surface area contributed by atoms with Gasteiger partial charge in [-0.3, -0.25) is 14.4 Å². The summed E-state index contributed by atoms with van der Waals surface area (Å²) in [6.45, 7) is 9.25. The number of hydrogen-bond acceptors (Lipinski definition) is 5. The molecule has 20 heavy (non-hydrogen) atoms. The van der Waals surface area contributed by atoms with Gasteiger partial charge in [-0.15, -0.1) is 0 Å². The van der Waals surface area contributed by atoms with Gasteiger partial charge in [-0.05, 0) is 34.1 Å². The first-order valence-corrected chi connectivity index (χ1v) is 6.93. The standard InChI is InChI=1S/C14H25NO5/c1-6-14(5,13(18)20-8-3)10(4)15-11(16)9-12(17)19-7-2/h10H,6-9H2,1-5H3,(H,15,16). The number of rotatable bonds is 8. The van der Waals surface area contributed by atoms with E-state index >= 15 is 0 Å². The smallest absolute Gasteiger partial charge is 0.315 e. The van der Waals surface area contributed by atoms with Crippen LogP contribution in [0, 0.1) is 5.41 Å². The van der Waals surface area contributed by atoms with Gasteiger partial charge < -0.3 is 14.8 Å². The van der Waals surface area contributed by atoms with E-state index in [9.17, 15) is 14.4 Å². The molecule has 116 valence electrons. The molecule has 0 bridgehead atoms. The molecule has 0 aliphatic rings. The maximum Gasteiger partial charge on any atom is 0.315 e. The third kappa shape index (κ3) is 5.19. The SMILES string of the molecule is CCOC(=O)CC(=O)NC(C)C(C)(CC)C(=O)OCC. The lowest BCUT2D eigenvalue weighted by Gasteiger charge is -2.32. The van der Waals surface area contributed by atoms with E-state index in [2.05, 4.69) is 5.32 Å². The number of ether oxygens (including phenoxy) is 2. The maximum absolute atomic E-state index is 12.0. The van der Waals surface area contributed by atoms with Crippen LogP contribution in [0.25, 0.3) is 0 Å². The summed E-state index contributed by atoms with van der Waals surface area (Å²) in [4.78, 5) is 34.9. The van der Waals surface area contributed by atoms with E-state index in [0.717, 1.165) is 0 Å². The third-order valence-corrected chi connectivity index (χ3v) is 3.42. The molecule has 0 aromatic carbocycles. The van der Waals surface area contributed by atoms with Crippen molar-refractivity contribution in [1.29, 1.82) is 0 Å². The molecule has 0 fully saturated rings. The van der Waals surface area contributed by atoms with E-state index in [1.165, 1.54) is 0 Å². The highest BCUT2D eigenvalue weighted by molar-refractivity contribution is 5.94. The van der Waals surface area contributed by atoms with Crippen molar-refractivity contribution >= 4 is 17.8 Å². The number of carbonyl (C=O) groups is 3. The largest absolute Gasteiger partial charge is 0.466 e. The molecule has 0 aliphatic carbocycles. The Morgan fingerprint density at radius 3 is 2.10 bits per heavy atom. The molecule has 2 atom stereocenters. The lowest BCUT2D eigenvalue weighted by Crippen LogP contribution is -2.49. The van der Waals surface area contributed by atoms with Crippen molar-refractivity contribution in [3.8, 4) is 0 Å². The van der Waals surface area contributed by atoms with Gasteiger partial charge >= 0.3 is 11.9 Å². The maximum atomic E-state index is 12.0. The number of esters is 2. The van der Waals surface area contributed by atoms with Crippen molar-refractivity contribution in [3.63, 3.8) is 0 Å². The van der Waals surface area contributed by atoms with Gasteiger partial charge in [0.1, 0.15) is 6.42 Å². The molecule has 1 amide bonds. The number of amides is 1. The molecule has 1 N–H and O–H groups in total. The zero-order chi connectivity index (χ0) is 15.8. The molecular formula is C14H25NO5. The first-order valence-electron chi connectivity index (χ1n) is 6.93. The Morgan fingerprint density at radius 2 is 1.65 bits per heavy atom. The Labute approximate surface area is 120 Å². The van der Waals surface area contributed by atoms with E-state index in [1.54, 1.807) is 27.7 Å². The van der Waals surface area contributed by atoms with Crippen LogP contribution < -0.4 is 5.32 Å². The van der Waals surface area contributed by atoms with Crippen molar-refractivity contribution in [2.24, 2.45) is 5.41 Å². The molecule has 2 unspecified atom stereocenters. The second-order valence-electron chi connectivity index (χ2n) is 4.76. The number of nitrogens with one attached hydrogen (secondary N) is 1. The fraction of sp³-hybridized carbons (Fsp3) is 0.786. The number of hydrogen-bond donors (Lipinski definition) is 1. The second kappa shape index (κ2) is 8.55. The fourth-order valence-electron chi connectivity index (χ4n) is 1.72. The lowest BCUT2D eigenvalue weighted by atomic mass is 9.80. The van der Waals surface area contributed by atoms with Gasteiger partial charge in [-0.25, -0.2) is 0 Å². The average Bonchev–Trinajstić information content (AvgIpc) is 2.37. The Bertz CT molecular complexity index is 355. The highest BCUT2D eigenvalue weighted by Crippen LogP contribution is 2.27. The zero-order valence-electron chi connectivity index (χ0n) is 12.9. The summed E-state index contributed by atoms with van der Waals surface area (Å²) in [5, 5.41) is 2.66. The zero-order valence-corrected chi connectivity index (χ0v) is 12.9. The van der Waals surface area contributed by atoms with Crippen LogP contribution in [0.15, 0.2) is 0 Å². The third-order valence-electron chi connectivity index (χ3n) is 3.42. The monoisotopic (exact) mass is 287 g/mol. The molecule has 0 aromatic rings. The van der Waals surface area contributed by atoms with Crippen LogP contribution >= 0.6 is 0 Å². The average molecular weight is 287 g/mol. The highest BCUT2D eigenvalue weighted by atomic mass is 16.5. The van der Waals surface area contributed by atoms with Crippen LogP contribution in [0.3, 0.4) is 0 Å². The van der Waals surface area contributed by atoms with Gasteiger partial charge in [0.05, 0.1) is 18.6 Å². The predicted octanol–water partition coefficient (Wildman–Crippen LogP) is 1.42. The van der Waals surface area contributed by atoms with Gasteiger partial charge in [0.2, 0.25) is 5.91 Å². The van der Waals surface area contributed by atoms with Crippen LogP contribution in [0.5, 0.6) is 0 Å². The molecule has 0 aliphatic heterocycles. The summed E-state index contributed by atoms with van der Waals surface area (Å²) in [5.41, 5.74) is -0.819. The quantitative estimate of drug-likeness (QED) is 0.539. The van der Waals surface area contributed by atoms with Crippen LogP contribution in [0.2, 0.25) is 0 Å². The topological polar surface area (TPSA) is 81.7 Å². The summed E-state index contributed by atoms with van der Waals surface area (Å²) in [7, 11) is 0. The molecule has 6 nitrogen and oxygen atoms in total. The fourth-order valence-corrected chi connectivity index (χ4v) is 1.72. The van der Waals surface area contributed by atoms with Gasteiger partial charge in [0.15, 0.2) is 0 Å². The molecule has 0 spiro atoms. The normalized spacial score (nSPS) is 14.8. The van der Waals surface area contributed by atoms with Gasteiger partial charge in [-0.1, -0.05) is 6.92 Å². The minimum atomic E-state index is -0.819. The van der Waals surface area contributed by atoms with Crippen LogP contribution in [-0.4, -0.2) is 37.1 Å². The van der Waals surface area contributed by atoms with Crippen molar-refractivity contribution in [2.75, 3.05) is 13.2 Å². The van der Waals surface area contributed by atoms with Crippen LogP contribution in [0.1, 0.15) is 47.5 Å². The first-order chi connectivity index (χ1) is 9.31. The summed E-state index contributed by atoms with van der Waals surface area (Å²) >= 11 is 0. The molecular weight excluding hydrogens is 262 g/mol. The van der Waals surface area contributed by atoms with Crippen molar-refractivity contribution < 1.29 is 23.9 Å². The van der Waals surface area contributed by atoms with E-state index in [4.69, 9.17) is 9.47 Å². The van der Waals surface area contributed by atoms with Crippen LogP contribution in [0.4, 0.5) is 0 Å². The summed E-state index contributed by atoms with van der Waals surface area (Å²) in [6.07, 6.45) is 0.174. The van der Waals surface area contributed by atoms with E-state index < -0.39 is 23.3 Å². The van der Waals surface area contributed by atoms with Crippen LogP contribution in [-0.2, 0) is 23.9 Å². The molecule has 0 radical (unpaired) electrons. The summed E-state index contributed by atoms with van der Waals surface area (Å²) < 4.78 is 9.74. The van der Waals surface area contributed by atoms with Gasteiger partial charge in [0, 0.05) is 6.04 Å². The lowest BCUT2D eigenvalue weighted by molar-refractivity contribution is -0.156. The minimum Gasteiger partial charge on any atom is -0.466 e. The molecule has 0 rings (SSSR count). The van der Waals surface area contributed by atoms with Crippen molar-refractivity contribution in [2.45, 2.75) is 53.5 Å². The minimum absolute atomic E-state index is 0.233. The number of carbonyl (C=O) groups excluding carboxylic acids is 3. The van der Waals surface area contributed by atoms with E-state index in [-0.39, 0.29) is 25.6 Å². The molecule has 0 heterocycles. The summed E-state index contributed by atoms with van der Waals surface area (Å²) in [6, 6.07) is -0.437. The second-order valence-corrected chi connectivity index (χ2v) is 4.76. The van der Waals surface area contributed by atoms with Gasteiger partial charge in [-0.2, -0.15) is 0 Å². The summed E-state index contributed by atoms with van der Waals surface area (Å²) in [5.74, 6) is -1.39. The Morgan fingerprint density at radius 1 is 1.10 bits per heavy atom. The van der Waals surface area contributed by atoms with Crippen molar-refractivity contribution in [3.05, 3.63) is 0 Å². The predicted molar refractivity (Wildman–Crippen MR) is 73.9 cm³/mol. The molecule has 0 saturated carbocycles. The van der Waals surface area contributed by atoms with E-state index in [1.807, 2.05) is 6.92 Å². The van der Waals surface area contributed by atoms with E-state index in [0.29, 0.717) is 6.42 Å². The van der Waals surface area contributed by atoms with Crippen molar-refractivity contribution in [1.82, 2.24) is 5.32 Å². The molecule has 0 saturated heterocycles. The molecule has 0 aromatic heterocycles. The first kappa shape index (κ1) is 18.4. The Kier molecular flexibility index (Phi) is 7.87.